The summed E-state index contributed by atoms with van der Waals surface area (Å²) in [5.41, 5.74) is 6.76. The van der Waals surface area contributed by atoms with Crippen LogP contribution in [0.15, 0.2) is 79.0 Å². The Kier molecular flexibility index (Phi) is 6.53. The molecule has 4 aromatic rings. The van der Waals surface area contributed by atoms with Crippen molar-refractivity contribution in [2.75, 3.05) is 23.7 Å². The van der Waals surface area contributed by atoms with Gasteiger partial charge in [0.05, 0.1) is 22.5 Å². The van der Waals surface area contributed by atoms with Crippen molar-refractivity contribution in [3.63, 3.8) is 0 Å². The zero-order valence-electron chi connectivity index (χ0n) is 19.8. The summed E-state index contributed by atoms with van der Waals surface area (Å²) in [7, 11) is 0. The predicted octanol–water partition coefficient (Wildman–Crippen LogP) is 6.66. The lowest BCUT2D eigenvalue weighted by molar-refractivity contribution is -0.110. The summed E-state index contributed by atoms with van der Waals surface area (Å²) in [6, 6.07) is 23.9. The van der Waals surface area contributed by atoms with Crippen LogP contribution in [0.5, 0.6) is 0 Å². The minimum Gasteiger partial charge on any atom is -0.354 e. The normalized spacial score (nSPS) is 14.2. The number of rotatable bonds is 7. The van der Waals surface area contributed by atoms with Gasteiger partial charge >= 0.3 is 0 Å². The van der Waals surface area contributed by atoms with Crippen LogP contribution in [0.4, 0.5) is 11.4 Å². The Bertz CT molecular complexity index is 1420. The maximum absolute atomic E-state index is 13.2. The van der Waals surface area contributed by atoms with Gasteiger partial charge in [-0.1, -0.05) is 61.8 Å². The van der Waals surface area contributed by atoms with E-state index < -0.39 is 0 Å². The molecule has 35 heavy (non-hydrogen) atoms. The zero-order valence-corrected chi connectivity index (χ0v) is 20.6. The second-order valence-corrected chi connectivity index (χ2v) is 9.02. The summed E-state index contributed by atoms with van der Waals surface area (Å²) >= 11 is 6.19. The molecule has 0 spiro atoms. The van der Waals surface area contributed by atoms with E-state index >= 15 is 0 Å². The van der Waals surface area contributed by atoms with Gasteiger partial charge < -0.3 is 10.6 Å². The third kappa shape index (κ3) is 4.78. The summed E-state index contributed by atoms with van der Waals surface area (Å²) in [6.45, 7) is 7.29. The summed E-state index contributed by atoms with van der Waals surface area (Å²) < 4.78 is 0. The van der Waals surface area contributed by atoms with Crippen LogP contribution in [0, 0.1) is 0 Å². The van der Waals surface area contributed by atoms with E-state index in [4.69, 9.17) is 11.6 Å². The van der Waals surface area contributed by atoms with E-state index in [-0.39, 0.29) is 5.91 Å². The minimum absolute atomic E-state index is 0.163. The number of pyridine rings is 1. The molecule has 0 atom stereocenters. The molecule has 6 heteroatoms. The third-order valence-electron chi connectivity index (χ3n) is 6.39. The first-order valence-electron chi connectivity index (χ1n) is 11.8. The van der Waals surface area contributed by atoms with E-state index in [1.807, 2.05) is 42.5 Å². The highest BCUT2D eigenvalue weighted by Crippen LogP contribution is 2.39. The SMILES string of the molecule is CCN(CC)Cc1ccc(N/C(=C2\C(=O)Nc3cc(Cl)ccc32)c2ccc3cccnc3c2)cc1. The molecule has 0 saturated carbocycles. The van der Waals surface area contributed by atoms with E-state index in [1.54, 1.807) is 12.3 Å². The molecule has 1 aliphatic rings. The van der Waals surface area contributed by atoms with Crippen LogP contribution in [0.25, 0.3) is 22.2 Å². The largest absolute Gasteiger partial charge is 0.354 e. The number of halogens is 1. The molecule has 2 heterocycles. The molecule has 5 nitrogen and oxygen atoms in total. The number of carbonyl (C=O) groups is 1. The minimum atomic E-state index is -0.163. The number of aromatic nitrogens is 1. The number of hydrogen-bond donors (Lipinski definition) is 2. The van der Waals surface area contributed by atoms with Gasteiger partial charge in [0.2, 0.25) is 0 Å². The standard InChI is InChI=1S/C29H27ClN4O/c1-3-34(4-2)18-19-7-12-23(13-8-19)32-28(21-10-9-20-6-5-15-31-25(20)16-21)27-24-14-11-22(30)17-26(24)33-29(27)35/h5-17,32H,3-4,18H2,1-2H3,(H,33,35)/b28-27-. The van der Waals surface area contributed by atoms with Gasteiger partial charge in [0, 0.05) is 40.0 Å². The summed E-state index contributed by atoms with van der Waals surface area (Å²) in [4.78, 5) is 20.1. The second-order valence-electron chi connectivity index (χ2n) is 8.59. The van der Waals surface area contributed by atoms with Crippen molar-refractivity contribution in [3.8, 4) is 0 Å². The highest BCUT2D eigenvalue weighted by atomic mass is 35.5. The van der Waals surface area contributed by atoms with Crippen LogP contribution in [-0.2, 0) is 11.3 Å². The van der Waals surface area contributed by atoms with Crippen LogP contribution in [0.1, 0.15) is 30.5 Å². The quantitative estimate of drug-likeness (QED) is 0.289. The van der Waals surface area contributed by atoms with Crippen molar-refractivity contribution in [1.29, 1.82) is 0 Å². The molecule has 0 radical (unpaired) electrons. The molecule has 1 aliphatic heterocycles. The number of anilines is 2. The van der Waals surface area contributed by atoms with Gasteiger partial charge in [-0.15, -0.1) is 0 Å². The molecular formula is C29H27ClN4O. The molecule has 2 N–H and O–H groups in total. The number of benzene rings is 3. The lowest BCUT2D eigenvalue weighted by atomic mass is 9.99. The fraction of sp³-hybridized carbons (Fsp3) is 0.172. The van der Waals surface area contributed by atoms with Crippen molar-refractivity contribution >= 4 is 51.1 Å². The zero-order chi connectivity index (χ0) is 24.4. The average molecular weight is 483 g/mol. The lowest BCUT2D eigenvalue weighted by Gasteiger charge is -2.19. The molecule has 0 aliphatic carbocycles. The van der Waals surface area contributed by atoms with Crippen LogP contribution in [0.2, 0.25) is 5.02 Å². The third-order valence-corrected chi connectivity index (χ3v) is 6.63. The molecule has 176 valence electrons. The van der Waals surface area contributed by atoms with Gasteiger partial charge in [0.1, 0.15) is 0 Å². The Balaban J connectivity index is 1.59. The fourth-order valence-electron chi connectivity index (χ4n) is 4.44. The van der Waals surface area contributed by atoms with Crippen molar-refractivity contribution in [2.45, 2.75) is 20.4 Å². The molecule has 0 fully saturated rings. The molecule has 5 rings (SSSR count). The predicted molar refractivity (Wildman–Crippen MR) is 145 cm³/mol. The lowest BCUT2D eigenvalue weighted by Crippen LogP contribution is -2.22. The Morgan fingerprint density at radius 3 is 2.57 bits per heavy atom. The highest BCUT2D eigenvalue weighted by molar-refractivity contribution is 6.38. The van der Waals surface area contributed by atoms with Gasteiger partial charge in [0.25, 0.3) is 5.91 Å². The number of nitrogens with one attached hydrogen (secondary N) is 2. The van der Waals surface area contributed by atoms with Crippen LogP contribution >= 0.6 is 11.6 Å². The van der Waals surface area contributed by atoms with Gasteiger partial charge in [-0.3, -0.25) is 14.7 Å². The summed E-state index contributed by atoms with van der Waals surface area (Å²) in [5.74, 6) is -0.163. The molecule has 3 aromatic carbocycles. The Labute approximate surface area is 210 Å². The monoisotopic (exact) mass is 482 g/mol. The maximum atomic E-state index is 13.2. The summed E-state index contributed by atoms with van der Waals surface area (Å²) in [5, 5.41) is 8.13. The maximum Gasteiger partial charge on any atom is 0.258 e. The Hall–Kier alpha value is -3.67. The van der Waals surface area contributed by atoms with Gasteiger partial charge in [-0.2, -0.15) is 0 Å². The first-order valence-corrected chi connectivity index (χ1v) is 12.2. The number of fused-ring (bicyclic) bond motifs is 2. The fourth-order valence-corrected chi connectivity index (χ4v) is 4.61. The first kappa shape index (κ1) is 23.1. The van der Waals surface area contributed by atoms with Crippen molar-refractivity contribution < 1.29 is 4.79 Å². The summed E-state index contributed by atoms with van der Waals surface area (Å²) in [6.07, 6.45) is 1.78. The topological polar surface area (TPSA) is 57.3 Å². The molecule has 1 aromatic heterocycles. The number of carbonyl (C=O) groups excluding carboxylic acids is 1. The smallest absolute Gasteiger partial charge is 0.258 e. The second kappa shape index (κ2) is 9.90. The van der Waals surface area contributed by atoms with Gasteiger partial charge in [0.15, 0.2) is 0 Å². The average Bonchev–Trinajstić information content (AvgIpc) is 3.20. The number of nitrogens with zero attached hydrogens (tertiary/aromatic N) is 2. The van der Waals surface area contributed by atoms with Crippen LogP contribution < -0.4 is 10.6 Å². The van der Waals surface area contributed by atoms with Gasteiger partial charge in [-0.05, 0) is 55.1 Å². The number of amides is 1. The van der Waals surface area contributed by atoms with E-state index in [1.165, 1.54) is 5.56 Å². The highest BCUT2D eigenvalue weighted by Gasteiger charge is 2.28. The molecule has 0 saturated heterocycles. The van der Waals surface area contributed by atoms with E-state index in [2.05, 4.69) is 58.6 Å². The van der Waals surface area contributed by atoms with Crippen molar-refractivity contribution in [3.05, 3.63) is 101 Å². The number of hydrogen-bond acceptors (Lipinski definition) is 4. The van der Waals surface area contributed by atoms with E-state index in [0.29, 0.717) is 16.3 Å². The van der Waals surface area contributed by atoms with Gasteiger partial charge in [-0.25, -0.2) is 0 Å². The molecule has 0 bridgehead atoms. The molecule has 1 amide bonds. The van der Waals surface area contributed by atoms with Crippen molar-refractivity contribution in [2.24, 2.45) is 0 Å². The Morgan fingerprint density at radius 2 is 1.80 bits per heavy atom. The van der Waals surface area contributed by atoms with Crippen LogP contribution in [-0.4, -0.2) is 28.9 Å². The molecule has 0 unspecified atom stereocenters. The molecular weight excluding hydrogens is 456 g/mol. The van der Waals surface area contributed by atoms with E-state index in [0.717, 1.165) is 53.0 Å². The van der Waals surface area contributed by atoms with Crippen molar-refractivity contribution in [1.82, 2.24) is 9.88 Å². The van der Waals surface area contributed by atoms with Crippen LogP contribution in [0.3, 0.4) is 0 Å². The Morgan fingerprint density at radius 1 is 1.00 bits per heavy atom. The first-order chi connectivity index (χ1) is 17.1. The van der Waals surface area contributed by atoms with E-state index in [9.17, 15) is 4.79 Å².